The third kappa shape index (κ3) is 5.00. The highest BCUT2D eigenvalue weighted by Crippen LogP contribution is 2.50. The molecule has 1 saturated heterocycles. The van der Waals surface area contributed by atoms with Gasteiger partial charge >= 0.3 is 6.03 Å². The molecule has 5 amide bonds. The third-order valence-corrected chi connectivity index (χ3v) is 9.82. The normalized spacial score (nSPS) is 23.7. The molecule has 2 fully saturated rings. The number of ether oxygens (including phenoxy) is 1. The van der Waals surface area contributed by atoms with Crippen LogP contribution in [0.5, 0.6) is 0 Å². The summed E-state index contributed by atoms with van der Waals surface area (Å²) in [5.41, 5.74) is 1.57. The number of aromatic nitrogens is 1. The minimum absolute atomic E-state index is 0.0827. The predicted octanol–water partition coefficient (Wildman–Crippen LogP) is 4.62. The molecule has 2 aliphatic carbocycles. The van der Waals surface area contributed by atoms with E-state index in [4.69, 9.17) is 9.72 Å². The van der Waals surface area contributed by atoms with E-state index < -0.39 is 41.2 Å². The Morgan fingerprint density at radius 2 is 2.00 bits per heavy atom. The van der Waals surface area contributed by atoms with Gasteiger partial charge in [-0.25, -0.2) is 14.2 Å². The van der Waals surface area contributed by atoms with Crippen LogP contribution in [0.4, 0.5) is 14.9 Å². The zero-order chi connectivity index (χ0) is 29.9. The number of thiazole rings is 1. The van der Waals surface area contributed by atoms with Crippen LogP contribution >= 0.6 is 11.3 Å². The van der Waals surface area contributed by atoms with E-state index in [-0.39, 0.29) is 48.2 Å². The average Bonchev–Trinajstić information content (AvgIpc) is 3.59. The molecule has 4 aliphatic rings. The van der Waals surface area contributed by atoms with Crippen LogP contribution in [0, 0.1) is 17.7 Å². The number of rotatable bonds is 7. The summed E-state index contributed by atoms with van der Waals surface area (Å²) in [4.78, 5) is 57.1. The van der Waals surface area contributed by atoms with E-state index in [1.807, 2.05) is 20.8 Å². The van der Waals surface area contributed by atoms with Crippen LogP contribution in [0.1, 0.15) is 91.0 Å². The fourth-order valence-corrected chi connectivity index (χ4v) is 7.23. The molecular weight excluding hydrogens is 561 g/mol. The van der Waals surface area contributed by atoms with Gasteiger partial charge in [0.1, 0.15) is 17.2 Å². The number of hydrogen-bond donors (Lipinski definition) is 3. The van der Waals surface area contributed by atoms with Crippen molar-refractivity contribution in [3.63, 3.8) is 0 Å². The van der Waals surface area contributed by atoms with Crippen molar-refractivity contribution in [2.45, 2.75) is 77.6 Å². The number of benzene rings is 1. The van der Waals surface area contributed by atoms with E-state index in [0.717, 1.165) is 10.6 Å². The van der Waals surface area contributed by atoms with E-state index in [9.17, 15) is 19.2 Å². The Bertz CT molecular complexity index is 1530. The number of carbonyl (C=O) groups excluding carboxylic acids is 4. The second-order valence-electron chi connectivity index (χ2n) is 11.9. The van der Waals surface area contributed by atoms with Crippen LogP contribution in [0.2, 0.25) is 0 Å². The number of halogens is 1. The van der Waals surface area contributed by atoms with Gasteiger partial charge in [0, 0.05) is 30.1 Å². The van der Waals surface area contributed by atoms with Gasteiger partial charge in [-0.1, -0.05) is 12.5 Å². The van der Waals surface area contributed by atoms with Crippen molar-refractivity contribution in [2.75, 3.05) is 11.9 Å². The zero-order valence-electron chi connectivity index (χ0n) is 24.0. The highest BCUT2D eigenvalue weighted by molar-refractivity contribution is 7.12. The second-order valence-corrected chi connectivity index (χ2v) is 12.9. The van der Waals surface area contributed by atoms with Crippen LogP contribution in [0.3, 0.4) is 0 Å². The lowest BCUT2D eigenvalue weighted by Gasteiger charge is -2.29. The van der Waals surface area contributed by atoms with Gasteiger partial charge in [0.2, 0.25) is 11.8 Å². The minimum Gasteiger partial charge on any atom is -0.372 e. The topological polar surface area (TPSA) is 130 Å². The Balaban J connectivity index is 1.17. The molecule has 2 aliphatic heterocycles. The number of hydrogen-bond acceptors (Lipinski definition) is 7. The SMILES string of the molecule is CCOC1c2nc(C(C)(C)NC(=O)Nc3ccc4c(c3F)CN(C3CCC(=O)NC3=O)C4=O)sc2C=C(C2CC2)C1C. The smallest absolute Gasteiger partial charge is 0.320 e. The van der Waals surface area contributed by atoms with Gasteiger partial charge in [0.15, 0.2) is 5.82 Å². The van der Waals surface area contributed by atoms with E-state index in [2.05, 4.69) is 29.0 Å². The molecule has 0 bridgehead atoms. The van der Waals surface area contributed by atoms with Crippen molar-refractivity contribution in [1.82, 2.24) is 20.5 Å². The van der Waals surface area contributed by atoms with Crippen molar-refractivity contribution < 1.29 is 28.3 Å². The molecule has 1 saturated carbocycles. The molecule has 10 nitrogen and oxygen atoms in total. The number of imide groups is 1. The highest BCUT2D eigenvalue weighted by atomic mass is 32.1. The molecule has 0 spiro atoms. The third-order valence-electron chi connectivity index (χ3n) is 8.48. The summed E-state index contributed by atoms with van der Waals surface area (Å²) in [6.07, 6.45) is 4.79. The molecule has 3 unspecified atom stereocenters. The van der Waals surface area contributed by atoms with Crippen molar-refractivity contribution in [1.29, 1.82) is 0 Å². The van der Waals surface area contributed by atoms with Crippen LogP contribution < -0.4 is 16.0 Å². The number of fused-ring (bicyclic) bond motifs is 2. The predicted molar refractivity (Wildman–Crippen MR) is 154 cm³/mol. The largest absolute Gasteiger partial charge is 0.372 e. The monoisotopic (exact) mass is 595 g/mol. The van der Waals surface area contributed by atoms with E-state index >= 15 is 4.39 Å². The molecular formula is C30H34FN5O5S. The Hall–Kier alpha value is -3.64. The summed E-state index contributed by atoms with van der Waals surface area (Å²) in [6, 6.07) is 1.31. The van der Waals surface area contributed by atoms with Gasteiger partial charge in [-0.05, 0) is 64.2 Å². The molecule has 0 radical (unpaired) electrons. The van der Waals surface area contributed by atoms with Crippen molar-refractivity contribution >= 4 is 46.9 Å². The lowest BCUT2D eigenvalue weighted by atomic mass is 9.85. The summed E-state index contributed by atoms with van der Waals surface area (Å²) in [6.45, 7) is 8.30. The van der Waals surface area contributed by atoms with Gasteiger partial charge in [0.05, 0.1) is 28.3 Å². The lowest BCUT2D eigenvalue weighted by molar-refractivity contribution is -0.136. The first-order valence-corrected chi connectivity index (χ1v) is 15.2. The Labute approximate surface area is 247 Å². The number of anilines is 1. The van der Waals surface area contributed by atoms with Crippen molar-refractivity contribution in [2.24, 2.45) is 11.8 Å². The maximum absolute atomic E-state index is 15.6. The summed E-state index contributed by atoms with van der Waals surface area (Å²) in [7, 11) is 0. The molecule has 3 atom stereocenters. The van der Waals surface area contributed by atoms with Crippen molar-refractivity contribution in [3.05, 3.63) is 50.2 Å². The van der Waals surface area contributed by atoms with E-state index in [1.54, 1.807) is 0 Å². The average molecular weight is 596 g/mol. The van der Waals surface area contributed by atoms with Crippen LogP contribution in [0.25, 0.3) is 6.08 Å². The second kappa shape index (κ2) is 10.6. The summed E-state index contributed by atoms with van der Waals surface area (Å²) < 4.78 is 21.7. The molecule has 2 aromatic rings. The fraction of sp³-hybridized carbons (Fsp3) is 0.500. The minimum atomic E-state index is -0.870. The molecule has 12 heteroatoms. The number of carbonyl (C=O) groups is 4. The fourth-order valence-electron chi connectivity index (χ4n) is 6.11. The Morgan fingerprint density at radius 3 is 2.69 bits per heavy atom. The highest BCUT2D eigenvalue weighted by Gasteiger charge is 2.42. The lowest BCUT2D eigenvalue weighted by Crippen LogP contribution is -2.52. The maximum atomic E-state index is 15.6. The van der Waals surface area contributed by atoms with E-state index in [1.165, 1.54) is 46.8 Å². The molecule has 6 rings (SSSR count). The molecule has 42 heavy (non-hydrogen) atoms. The quantitative estimate of drug-likeness (QED) is 0.401. The number of nitrogens with zero attached hydrogens (tertiary/aromatic N) is 2. The van der Waals surface area contributed by atoms with Crippen LogP contribution in [0.15, 0.2) is 17.7 Å². The van der Waals surface area contributed by atoms with Gasteiger partial charge in [-0.3, -0.25) is 19.7 Å². The maximum Gasteiger partial charge on any atom is 0.320 e. The molecule has 3 N–H and O–H groups in total. The molecule has 222 valence electrons. The summed E-state index contributed by atoms with van der Waals surface area (Å²) in [5, 5.41) is 8.44. The Kier molecular flexibility index (Phi) is 7.17. The number of amides is 5. The van der Waals surface area contributed by atoms with Crippen LogP contribution in [-0.2, 0) is 26.4 Å². The molecule has 1 aromatic carbocycles. The van der Waals surface area contributed by atoms with Gasteiger partial charge in [0.25, 0.3) is 5.91 Å². The molecule has 1 aromatic heterocycles. The van der Waals surface area contributed by atoms with Gasteiger partial charge in [-0.15, -0.1) is 11.3 Å². The molecule has 3 heterocycles. The summed E-state index contributed by atoms with van der Waals surface area (Å²) in [5.74, 6) is -1.35. The number of urea groups is 1. The first-order chi connectivity index (χ1) is 20.0. The number of piperidine rings is 1. The van der Waals surface area contributed by atoms with Crippen molar-refractivity contribution in [3.8, 4) is 0 Å². The standard InChI is InChI=1S/C30H34FN5O5S/c1-5-41-25-14(2)17(15-6-7-15)12-21-24(25)34-28(42-21)30(3,4)35-29(40)32-19-9-8-16-18(23(19)31)13-36(27(16)39)20-10-11-22(37)33-26(20)38/h8-9,12,14-15,20,25H,5-7,10-11,13H2,1-4H3,(H2,32,35,40)(H,33,37,38). The van der Waals surface area contributed by atoms with Gasteiger partial charge < -0.3 is 20.3 Å². The first kappa shape index (κ1) is 28.5. The van der Waals surface area contributed by atoms with Crippen LogP contribution in [-0.4, -0.2) is 46.3 Å². The Morgan fingerprint density at radius 1 is 1.24 bits per heavy atom. The number of nitrogens with one attached hydrogen (secondary N) is 3. The first-order valence-electron chi connectivity index (χ1n) is 14.4. The van der Waals surface area contributed by atoms with Gasteiger partial charge in [-0.2, -0.15) is 0 Å². The zero-order valence-corrected chi connectivity index (χ0v) is 24.8. The van der Waals surface area contributed by atoms with E-state index in [0.29, 0.717) is 17.5 Å². The summed E-state index contributed by atoms with van der Waals surface area (Å²) >= 11 is 1.52.